The third-order valence-electron chi connectivity index (χ3n) is 4.21. The first kappa shape index (κ1) is 14.5. The molecule has 20 heavy (non-hydrogen) atoms. The maximum absolute atomic E-state index is 12.7. The second kappa shape index (κ2) is 5.38. The van der Waals surface area contributed by atoms with Gasteiger partial charge in [0.15, 0.2) is 0 Å². The molecule has 0 unspecified atom stereocenters. The van der Waals surface area contributed by atoms with E-state index in [2.05, 4.69) is 4.90 Å². The van der Waals surface area contributed by atoms with Crippen molar-refractivity contribution in [2.24, 2.45) is 0 Å². The number of likely N-dealkylation sites (N-methyl/N-ethyl adjacent to an activating group) is 1. The average Bonchev–Trinajstić information content (AvgIpc) is 2.86. The molecule has 0 aromatic carbocycles. The van der Waals surface area contributed by atoms with Gasteiger partial charge in [0.25, 0.3) is 10.0 Å². The first-order valence-electron chi connectivity index (χ1n) is 6.86. The van der Waals surface area contributed by atoms with E-state index < -0.39 is 10.0 Å². The van der Waals surface area contributed by atoms with Crippen molar-refractivity contribution in [1.82, 2.24) is 9.21 Å². The van der Waals surface area contributed by atoms with Crippen molar-refractivity contribution in [3.8, 4) is 0 Å². The number of ether oxygens (including phenoxy) is 1. The number of nitrogens with zero attached hydrogens (tertiary/aromatic N) is 2. The lowest BCUT2D eigenvalue weighted by Gasteiger charge is -2.45. The first-order valence-corrected chi connectivity index (χ1v) is 9.18. The minimum Gasteiger partial charge on any atom is -0.375 e. The molecule has 0 N–H and O–H groups in total. The van der Waals surface area contributed by atoms with Crippen LogP contribution in [0.3, 0.4) is 0 Å². The van der Waals surface area contributed by atoms with Crippen molar-refractivity contribution in [3.05, 3.63) is 17.0 Å². The summed E-state index contributed by atoms with van der Waals surface area (Å²) >= 11 is 1.31. The molecule has 0 amide bonds. The van der Waals surface area contributed by atoms with Crippen LogP contribution in [-0.2, 0) is 14.8 Å². The van der Waals surface area contributed by atoms with E-state index in [0.29, 0.717) is 17.3 Å². The Bertz CT molecular complexity index is 584. The van der Waals surface area contributed by atoms with Gasteiger partial charge in [-0.25, -0.2) is 8.42 Å². The molecule has 2 fully saturated rings. The highest BCUT2D eigenvalue weighted by Gasteiger charge is 2.40. The molecule has 2 atom stereocenters. The van der Waals surface area contributed by atoms with E-state index in [1.807, 2.05) is 25.4 Å². The molecule has 1 aromatic heterocycles. The van der Waals surface area contributed by atoms with Crippen LogP contribution in [0.15, 0.2) is 15.7 Å². The molecule has 5 nitrogen and oxygen atoms in total. The number of rotatable bonds is 2. The van der Waals surface area contributed by atoms with Crippen LogP contribution in [0.5, 0.6) is 0 Å². The molecule has 112 valence electrons. The van der Waals surface area contributed by atoms with Crippen molar-refractivity contribution in [1.29, 1.82) is 0 Å². The molecule has 2 aliphatic rings. The number of morpholine rings is 1. The van der Waals surface area contributed by atoms with Crippen LogP contribution in [0.4, 0.5) is 0 Å². The fourth-order valence-corrected chi connectivity index (χ4v) is 5.99. The number of hydrogen-bond donors (Lipinski definition) is 0. The number of piperidine rings is 1. The summed E-state index contributed by atoms with van der Waals surface area (Å²) in [7, 11) is -1.31. The summed E-state index contributed by atoms with van der Waals surface area (Å²) in [6.45, 7) is 4.54. The topological polar surface area (TPSA) is 49.9 Å². The van der Waals surface area contributed by atoms with E-state index in [1.54, 1.807) is 4.31 Å². The first-order chi connectivity index (χ1) is 9.50. The summed E-state index contributed by atoms with van der Waals surface area (Å²) in [6.07, 6.45) is 0.947. The van der Waals surface area contributed by atoms with Gasteiger partial charge in [0.1, 0.15) is 4.21 Å². The predicted molar refractivity (Wildman–Crippen MR) is 78.6 cm³/mol. The summed E-state index contributed by atoms with van der Waals surface area (Å²) in [5, 5.41) is 1.84. The van der Waals surface area contributed by atoms with Gasteiger partial charge in [-0.15, -0.1) is 11.3 Å². The van der Waals surface area contributed by atoms with Crippen LogP contribution >= 0.6 is 11.3 Å². The molecular formula is C13H20N2O3S2. The SMILES string of the molecule is Cc1ccsc1S(=O)(=O)N1CC[C@H]2OCCN(C)[C@@H]2C1. The normalized spacial score (nSPS) is 29.3. The molecule has 0 saturated carbocycles. The van der Waals surface area contributed by atoms with Gasteiger partial charge in [-0.3, -0.25) is 4.90 Å². The molecular weight excluding hydrogens is 296 g/mol. The van der Waals surface area contributed by atoms with Crippen LogP contribution in [0.1, 0.15) is 12.0 Å². The van der Waals surface area contributed by atoms with Gasteiger partial charge >= 0.3 is 0 Å². The second-order valence-electron chi connectivity index (χ2n) is 5.50. The zero-order chi connectivity index (χ0) is 14.3. The van der Waals surface area contributed by atoms with Crippen LogP contribution < -0.4 is 0 Å². The van der Waals surface area contributed by atoms with Gasteiger partial charge in [-0.1, -0.05) is 0 Å². The largest absolute Gasteiger partial charge is 0.375 e. The Morgan fingerprint density at radius 1 is 1.40 bits per heavy atom. The molecule has 0 spiro atoms. The maximum atomic E-state index is 12.7. The molecule has 2 aliphatic heterocycles. The van der Waals surface area contributed by atoms with Gasteiger partial charge in [0.05, 0.1) is 12.7 Å². The summed E-state index contributed by atoms with van der Waals surface area (Å²) in [4.78, 5) is 2.22. The highest BCUT2D eigenvalue weighted by Crippen LogP contribution is 2.30. The Kier molecular flexibility index (Phi) is 3.89. The third kappa shape index (κ3) is 2.42. The summed E-state index contributed by atoms with van der Waals surface area (Å²) in [5.41, 5.74) is 0.838. The minimum absolute atomic E-state index is 0.171. The van der Waals surface area contributed by atoms with Gasteiger partial charge in [0, 0.05) is 25.7 Å². The lowest BCUT2D eigenvalue weighted by atomic mass is 10.0. The van der Waals surface area contributed by atoms with Crippen LogP contribution in [0, 0.1) is 6.92 Å². The zero-order valence-corrected chi connectivity index (χ0v) is 13.4. The van der Waals surface area contributed by atoms with Gasteiger partial charge < -0.3 is 4.74 Å². The fraction of sp³-hybridized carbons (Fsp3) is 0.692. The van der Waals surface area contributed by atoms with E-state index in [4.69, 9.17) is 4.74 Å². The Labute approximate surface area is 124 Å². The van der Waals surface area contributed by atoms with Crippen molar-refractivity contribution in [3.63, 3.8) is 0 Å². The number of sulfonamides is 1. The number of fused-ring (bicyclic) bond motifs is 1. The highest BCUT2D eigenvalue weighted by atomic mass is 32.2. The molecule has 0 radical (unpaired) electrons. The van der Waals surface area contributed by atoms with E-state index in [9.17, 15) is 8.42 Å². The molecule has 1 aromatic rings. The Hall–Kier alpha value is -0.470. The Morgan fingerprint density at radius 3 is 2.90 bits per heavy atom. The van der Waals surface area contributed by atoms with Crippen molar-refractivity contribution >= 4 is 21.4 Å². The maximum Gasteiger partial charge on any atom is 0.252 e. The number of thiophene rings is 1. The highest BCUT2D eigenvalue weighted by molar-refractivity contribution is 7.91. The second-order valence-corrected chi connectivity index (χ2v) is 8.55. The summed E-state index contributed by atoms with van der Waals surface area (Å²) in [5.74, 6) is 0. The van der Waals surface area contributed by atoms with E-state index in [0.717, 1.165) is 25.1 Å². The zero-order valence-electron chi connectivity index (χ0n) is 11.8. The quantitative estimate of drug-likeness (QED) is 0.821. The summed E-state index contributed by atoms with van der Waals surface area (Å²) in [6, 6.07) is 2.03. The number of aryl methyl sites for hydroxylation is 1. The van der Waals surface area contributed by atoms with E-state index >= 15 is 0 Å². The molecule has 0 bridgehead atoms. The third-order valence-corrected chi connectivity index (χ3v) is 7.75. The Morgan fingerprint density at radius 2 is 2.20 bits per heavy atom. The number of hydrogen-bond acceptors (Lipinski definition) is 5. The molecule has 2 saturated heterocycles. The summed E-state index contributed by atoms with van der Waals surface area (Å²) < 4.78 is 33.3. The monoisotopic (exact) mass is 316 g/mol. The lowest BCUT2D eigenvalue weighted by Crippen LogP contribution is -2.59. The van der Waals surface area contributed by atoms with Crippen molar-refractivity contribution < 1.29 is 13.2 Å². The lowest BCUT2D eigenvalue weighted by molar-refractivity contribution is -0.0840. The standard InChI is InChI=1S/C13H20N2O3S2/c1-10-4-8-19-13(10)20(16,17)15-5-3-12-11(9-15)14(2)6-7-18-12/h4,8,11-12H,3,5-7,9H2,1-2H3/t11-,12-/m1/s1. The van der Waals surface area contributed by atoms with E-state index in [-0.39, 0.29) is 12.1 Å². The smallest absolute Gasteiger partial charge is 0.252 e. The van der Waals surface area contributed by atoms with Gasteiger partial charge in [0.2, 0.25) is 0 Å². The van der Waals surface area contributed by atoms with Crippen LogP contribution in [0.2, 0.25) is 0 Å². The predicted octanol–water partition coefficient (Wildman–Crippen LogP) is 1.15. The minimum atomic E-state index is -3.35. The van der Waals surface area contributed by atoms with Gasteiger partial charge in [-0.05, 0) is 37.4 Å². The van der Waals surface area contributed by atoms with Crippen molar-refractivity contribution in [2.75, 3.05) is 33.3 Å². The average molecular weight is 316 g/mol. The Balaban J connectivity index is 1.83. The van der Waals surface area contributed by atoms with Crippen LogP contribution in [-0.4, -0.2) is 63.1 Å². The molecule has 0 aliphatic carbocycles. The van der Waals surface area contributed by atoms with E-state index in [1.165, 1.54) is 11.3 Å². The van der Waals surface area contributed by atoms with Crippen LogP contribution in [0.25, 0.3) is 0 Å². The molecule has 3 rings (SSSR count). The molecule has 3 heterocycles. The van der Waals surface area contributed by atoms with Crippen molar-refractivity contribution in [2.45, 2.75) is 29.7 Å². The van der Waals surface area contributed by atoms with Gasteiger partial charge in [-0.2, -0.15) is 4.31 Å². The molecule has 7 heteroatoms. The fourth-order valence-electron chi connectivity index (χ4n) is 2.97.